The number of carbonyl (C=O) groups is 1. The Kier molecular flexibility index (Phi) is 3.24. The topological polar surface area (TPSA) is 55.6 Å². The summed E-state index contributed by atoms with van der Waals surface area (Å²) in [7, 11) is 1.71. The van der Waals surface area contributed by atoms with E-state index in [1.165, 1.54) is 12.1 Å². The smallest absolute Gasteiger partial charge is 0.263 e. The number of likely N-dealkylation sites (tertiary alicyclic amines) is 1. The van der Waals surface area contributed by atoms with Crippen LogP contribution in [0.15, 0.2) is 16.6 Å². The first kappa shape index (κ1) is 12.2. The zero-order chi connectivity index (χ0) is 12.6. The van der Waals surface area contributed by atoms with Gasteiger partial charge in [-0.15, -0.1) is 0 Å². The Labute approximate surface area is 107 Å². The van der Waals surface area contributed by atoms with E-state index < -0.39 is 11.9 Å². The lowest BCUT2D eigenvalue weighted by Gasteiger charge is -2.14. The minimum atomic E-state index is -0.567. The van der Waals surface area contributed by atoms with Crippen LogP contribution < -0.4 is 10.5 Å². The van der Waals surface area contributed by atoms with Gasteiger partial charge in [-0.1, -0.05) is 0 Å². The Hall–Kier alpha value is -1.30. The fourth-order valence-corrected chi connectivity index (χ4v) is 2.06. The number of nitrogens with zero attached hydrogens (tertiary/aromatic N) is 1. The molecule has 1 aromatic rings. The predicted molar refractivity (Wildman–Crippen MR) is 65.2 cm³/mol. The number of hydrogen-bond acceptors (Lipinski definition) is 3. The Morgan fingerprint density at radius 3 is 2.88 bits per heavy atom. The first-order valence-electron chi connectivity index (χ1n) is 5.15. The first-order valence-corrected chi connectivity index (χ1v) is 5.94. The molecule has 6 heteroatoms. The summed E-state index contributed by atoms with van der Waals surface area (Å²) in [6, 6.07) is 2.61. The molecule has 1 aliphatic rings. The Morgan fingerprint density at radius 2 is 2.29 bits per heavy atom. The summed E-state index contributed by atoms with van der Waals surface area (Å²) < 4.78 is 19.1. The van der Waals surface area contributed by atoms with Crippen molar-refractivity contribution in [2.45, 2.75) is 12.5 Å². The van der Waals surface area contributed by atoms with Crippen LogP contribution in [-0.2, 0) is 4.79 Å². The second-order valence-electron chi connectivity index (χ2n) is 3.96. The van der Waals surface area contributed by atoms with E-state index in [-0.39, 0.29) is 16.1 Å². The van der Waals surface area contributed by atoms with Crippen LogP contribution in [0.2, 0.25) is 0 Å². The van der Waals surface area contributed by atoms with Crippen LogP contribution in [0.5, 0.6) is 5.75 Å². The maximum atomic E-state index is 13.3. The monoisotopic (exact) mass is 302 g/mol. The highest BCUT2D eigenvalue weighted by Gasteiger charge is 2.31. The number of likely N-dealkylation sites (N-methyl/N-ethyl adjacent to an activating group) is 1. The van der Waals surface area contributed by atoms with E-state index in [1.54, 1.807) is 11.9 Å². The highest BCUT2D eigenvalue weighted by atomic mass is 79.9. The van der Waals surface area contributed by atoms with E-state index in [9.17, 15) is 9.18 Å². The van der Waals surface area contributed by atoms with Gasteiger partial charge < -0.3 is 15.4 Å². The Balaban J connectivity index is 2.19. The fraction of sp³-hybridized carbons (Fsp3) is 0.364. The molecule has 1 unspecified atom stereocenters. The van der Waals surface area contributed by atoms with E-state index in [0.29, 0.717) is 18.7 Å². The lowest BCUT2D eigenvalue weighted by atomic mass is 10.2. The number of anilines is 1. The molecule has 92 valence electrons. The number of rotatable bonds is 2. The molecule has 0 aliphatic carbocycles. The maximum Gasteiger partial charge on any atom is 0.263 e. The summed E-state index contributed by atoms with van der Waals surface area (Å²) in [5, 5.41) is 0. The Morgan fingerprint density at radius 1 is 1.59 bits per heavy atom. The van der Waals surface area contributed by atoms with Gasteiger partial charge in [-0.05, 0) is 22.0 Å². The molecule has 1 aliphatic heterocycles. The molecule has 0 spiro atoms. The number of halogens is 2. The van der Waals surface area contributed by atoms with Gasteiger partial charge in [-0.25, -0.2) is 4.39 Å². The maximum absolute atomic E-state index is 13.3. The summed E-state index contributed by atoms with van der Waals surface area (Å²) in [6.45, 7) is 0.641. The quantitative estimate of drug-likeness (QED) is 0.847. The lowest BCUT2D eigenvalue weighted by Crippen LogP contribution is -2.29. The lowest BCUT2D eigenvalue weighted by molar-refractivity contribution is -0.132. The minimum absolute atomic E-state index is 0.104. The van der Waals surface area contributed by atoms with Crippen molar-refractivity contribution >= 4 is 27.5 Å². The van der Waals surface area contributed by atoms with Gasteiger partial charge in [0.1, 0.15) is 11.6 Å². The third-order valence-corrected chi connectivity index (χ3v) is 3.31. The molecule has 2 rings (SSSR count). The third kappa shape index (κ3) is 2.36. The van der Waals surface area contributed by atoms with Crippen molar-refractivity contribution in [2.75, 3.05) is 19.3 Å². The number of nitrogen functional groups attached to an aromatic ring is 1. The molecule has 1 atom stereocenters. The second-order valence-corrected chi connectivity index (χ2v) is 4.81. The number of nitrogens with two attached hydrogens (primary N) is 1. The number of carbonyl (C=O) groups excluding carboxylic acids is 1. The molecule has 1 saturated heterocycles. The second kappa shape index (κ2) is 4.52. The van der Waals surface area contributed by atoms with E-state index in [4.69, 9.17) is 10.5 Å². The summed E-state index contributed by atoms with van der Waals surface area (Å²) in [6.07, 6.45) is 0.0230. The molecule has 2 N–H and O–H groups in total. The van der Waals surface area contributed by atoms with Crippen LogP contribution in [0.1, 0.15) is 6.42 Å². The zero-order valence-electron chi connectivity index (χ0n) is 9.24. The predicted octanol–water partition coefficient (Wildman–Crippen LogP) is 1.78. The first-order chi connectivity index (χ1) is 7.99. The summed E-state index contributed by atoms with van der Waals surface area (Å²) in [5.41, 5.74) is 6.01. The van der Waals surface area contributed by atoms with Crippen LogP contribution in [0, 0.1) is 5.82 Å². The largest absolute Gasteiger partial charge is 0.478 e. The average molecular weight is 303 g/mol. The summed E-state index contributed by atoms with van der Waals surface area (Å²) in [4.78, 5) is 13.2. The van der Waals surface area contributed by atoms with E-state index in [0.717, 1.165) is 0 Å². The van der Waals surface area contributed by atoms with Crippen LogP contribution >= 0.6 is 15.9 Å². The number of hydrogen-bond donors (Lipinski definition) is 1. The van der Waals surface area contributed by atoms with Crippen molar-refractivity contribution in [1.82, 2.24) is 4.90 Å². The zero-order valence-corrected chi connectivity index (χ0v) is 10.8. The number of ether oxygens (including phenoxy) is 1. The van der Waals surface area contributed by atoms with Gasteiger partial charge in [0.05, 0.1) is 10.2 Å². The Bertz CT molecular complexity index is 467. The molecular formula is C11H12BrFN2O2. The van der Waals surface area contributed by atoms with E-state index in [1.807, 2.05) is 0 Å². The molecule has 0 bridgehead atoms. The SMILES string of the molecule is CN1CCC(Oc2cc(F)c(Br)cc2N)C1=O. The fourth-order valence-electron chi connectivity index (χ4n) is 1.70. The molecule has 1 amide bonds. The van der Waals surface area contributed by atoms with Gasteiger partial charge in [-0.2, -0.15) is 0 Å². The van der Waals surface area contributed by atoms with Crippen molar-refractivity contribution in [3.8, 4) is 5.75 Å². The van der Waals surface area contributed by atoms with Gasteiger partial charge in [0, 0.05) is 26.1 Å². The minimum Gasteiger partial charge on any atom is -0.478 e. The molecular weight excluding hydrogens is 291 g/mol. The van der Waals surface area contributed by atoms with Crippen molar-refractivity contribution in [1.29, 1.82) is 0 Å². The normalized spacial score (nSPS) is 19.8. The molecule has 0 aromatic heterocycles. The molecule has 0 radical (unpaired) electrons. The van der Waals surface area contributed by atoms with Crippen LogP contribution in [0.25, 0.3) is 0 Å². The van der Waals surface area contributed by atoms with Gasteiger partial charge >= 0.3 is 0 Å². The molecule has 1 heterocycles. The van der Waals surface area contributed by atoms with Crippen molar-refractivity contribution < 1.29 is 13.9 Å². The van der Waals surface area contributed by atoms with Gasteiger partial charge in [0.2, 0.25) is 0 Å². The van der Waals surface area contributed by atoms with Crippen LogP contribution in [0.4, 0.5) is 10.1 Å². The summed E-state index contributed by atoms with van der Waals surface area (Å²) in [5.74, 6) is -0.361. The van der Waals surface area contributed by atoms with Gasteiger partial charge in [0.15, 0.2) is 6.10 Å². The molecule has 0 saturated carbocycles. The molecule has 1 fully saturated rings. The third-order valence-electron chi connectivity index (χ3n) is 2.70. The standard InChI is InChI=1S/C11H12BrFN2O2/c1-15-3-2-9(11(15)16)17-10-5-7(13)6(12)4-8(10)14/h4-5,9H,2-3,14H2,1H3. The highest BCUT2D eigenvalue weighted by Crippen LogP contribution is 2.30. The van der Waals surface area contributed by atoms with Gasteiger partial charge in [-0.3, -0.25) is 4.79 Å². The van der Waals surface area contributed by atoms with Gasteiger partial charge in [0.25, 0.3) is 5.91 Å². The van der Waals surface area contributed by atoms with Crippen molar-refractivity contribution in [3.63, 3.8) is 0 Å². The average Bonchev–Trinajstić information content (AvgIpc) is 2.58. The molecule has 4 nitrogen and oxygen atoms in total. The summed E-state index contributed by atoms with van der Waals surface area (Å²) >= 11 is 3.03. The number of amides is 1. The van der Waals surface area contributed by atoms with Crippen LogP contribution in [-0.4, -0.2) is 30.5 Å². The molecule has 1 aromatic carbocycles. The molecule has 17 heavy (non-hydrogen) atoms. The van der Waals surface area contributed by atoms with E-state index >= 15 is 0 Å². The van der Waals surface area contributed by atoms with Crippen molar-refractivity contribution in [2.24, 2.45) is 0 Å². The van der Waals surface area contributed by atoms with Crippen LogP contribution in [0.3, 0.4) is 0 Å². The highest BCUT2D eigenvalue weighted by molar-refractivity contribution is 9.10. The van der Waals surface area contributed by atoms with E-state index in [2.05, 4.69) is 15.9 Å². The number of benzene rings is 1. The van der Waals surface area contributed by atoms with Crippen molar-refractivity contribution in [3.05, 3.63) is 22.4 Å².